The van der Waals surface area contributed by atoms with E-state index >= 15 is 0 Å². The quantitative estimate of drug-likeness (QED) is 0.854. The molecule has 20 heavy (non-hydrogen) atoms. The molecule has 1 aliphatic carbocycles. The average Bonchev–Trinajstić information content (AvgIpc) is 2.96. The molecule has 1 heterocycles. The van der Waals surface area contributed by atoms with Gasteiger partial charge in [0.2, 0.25) is 12.3 Å². The SMILES string of the molecule is CC(C)(C)OC(=O)n1ccc(OCC2(C(F)F)CC2)n1. The van der Waals surface area contributed by atoms with Crippen molar-refractivity contribution in [1.29, 1.82) is 0 Å². The maximum absolute atomic E-state index is 12.7. The van der Waals surface area contributed by atoms with Gasteiger partial charge in [0.15, 0.2) is 0 Å². The van der Waals surface area contributed by atoms with Crippen molar-refractivity contribution in [3.8, 4) is 5.88 Å². The van der Waals surface area contributed by atoms with E-state index in [9.17, 15) is 13.6 Å². The van der Waals surface area contributed by atoms with Gasteiger partial charge in [-0.3, -0.25) is 0 Å². The predicted octanol–water partition coefficient (Wildman–Crippen LogP) is 3.09. The second kappa shape index (κ2) is 5.03. The first-order valence-corrected chi connectivity index (χ1v) is 6.42. The van der Waals surface area contributed by atoms with Gasteiger partial charge in [0.05, 0.1) is 5.41 Å². The molecule has 7 heteroatoms. The highest BCUT2D eigenvalue weighted by Gasteiger charge is 2.52. The van der Waals surface area contributed by atoms with Gasteiger partial charge in [-0.25, -0.2) is 13.6 Å². The molecule has 0 atom stereocenters. The molecule has 1 saturated carbocycles. The minimum atomic E-state index is -2.39. The van der Waals surface area contributed by atoms with Crippen LogP contribution in [0.4, 0.5) is 13.6 Å². The van der Waals surface area contributed by atoms with Gasteiger partial charge in [-0.05, 0) is 33.6 Å². The van der Waals surface area contributed by atoms with Gasteiger partial charge in [0.25, 0.3) is 0 Å². The van der Waals surface area contributed by atoms with E-state index in [1.54, 1.807) is 20.8 Å². The van der Waals surface area contributed by atoms with E-state index in [0.717, 1.165) is 4.68 Å². The minimum absolute atomic E-state index is 0.0873. The van der Waals surface area contributed by atoms with Crippen LogP contribution in [0.15, 0.2) is 12.3 Å². The standard InChI is InChI=1S/C13H18F2N2O3/c1-12(2,3)20-11(18)17-7-4-9(16-17)19-8-13(5-6-13)10(14)15/h4,7,10H,5-6,8H2,1-3H3. The molecule has 0 bridgehead atoms. The Morgan fingerprint density at radius 1 is 1.50 bits per heavy atom. The maximum atomic E-state index is 12.7. The van der Waals surface area contributed by atoms with Crippen molar-refractivity contribution in [2.45, 2.75) is 45.6 Å². The largest absolute Gasteiger partial charge is 0.476 e. The lowest BCUT2D eigenvalue weighted by atomic mass is 10.1. The van der Waals surface area contributed by atoms with Crippen LogP contribution in [-0.2, 0) is 4.74 Å². The Bertz CT molecular complexity index is 490. The Kier molecular flexibility index (Phi) is 3.71. The lowest BCUT2D eigenvalue weighted by Crippen LogP contribution is -2.27. The van der Waals surface area contributed by atoms with Crippen LogP contribution >= 0.6 is 0 Å². The smallest absolute Gasteiger partial charge is 0.435 e. The van der Waals surface area contributed by atoms with Crippen molar-refractivity contribution >= 4 is 6.09 Å². The van der Waals surface area contributed by atoms with E-state index in [4.69, 9.17) is 9.47 Å². The summed E-state index contributed by atoms with van der Waals surface area (Å²) in [4.78, 5) is 11.7. The summed E-state index contributed by atoms with van der Waals surface area (Å²) in [6.45, 7) is 5.14. The number of aromatic nitrogens is 2. The number of hydrogen-bond donors (Lipinski definition) is 0. The molecule has 2 rings (SSSR count). The van der Waals surface area contributed by atoms with Gasteiger partial charge in [0.1, 0.15) is 12.2 Å². The number of carbonyl (C=O) groups excluding carboxylic acids is 1. The van der Waals surface area contributed by atoms with Crippen molar-refractivity contribution in [3.63, 3.8) is 0 Å². The predicted molar refractivity (Wildman–Crippen MR) is 67.0 cm³/mol. The second-order valence-electron chi connectivity index (χ2n) is 6.03. The van der Waals surface area contributed by atoms with E-state index in [2.05, 4.69) is 5.10 Å². The minimum Gasteiger partial charge on any atom is -0.476 e. The Balaban J connectivity index is 1.91. The Labute approximate surface area is 115 Å². The molecule has 0 unspecified atom stereocenters. The highest BCUT2D eigenvalue weighted by molar-refractivity contribution is 5.69. The van der Waals surface area contributed by atoms with Crippen molar-refractivity contribution < 1.29 is 23.0 Å². The van der Waals surface area contributed by atoms with Crippen LogP contribution < -0.4 is 4.74 Å². The van der Waals surface area contributed by atoms with Crippen LogP contribution in [0.5, 0.6) is 5.88 Å². The van der Waals surface area contributed by atoms with Crippen LogP contribution in [0.3, 0.4) is 0 Å². The number of alkyl halides is 2. The summed E-state index contributed by atoms with van der Waals surface area (Å²) in [6.07, 6.45) is -0.738. The Morgan fingerprint density at radius 3 is 2.65 bits per heavy atom. The van der Waals surface area contributed by atoms with Crippen LogP contribution in [0.1, 0.15) is 33.6 Å². The van der Waals surface area contributed by atoms with Gasteiger partial charge < -0.3 is 9.47 Å². The van der Waals surface area contributed by atoms with E-state index in [1.807, 2.05) is 0 Å². The summed E-state index contributed by atoms with van der Waals surface area (Å²) in [5.41, 5.74) is -1.66. The fraction of sp³-hybridized carbons (Fsp3) is 0.692. The lowest BCUT2D eigenvalue weighted by molar-refractivity contribution is 0.0297. The molecule has 1 fully saturated rings. The molecule has 0 spiro atoms. The Hall–Kier alpha value is -1.66. The molecule has 0 aliphatic heterocycles. The number of ether oxygens (including phenoxy) is 2. The Morgan fingerprint density at radius 2 is 2.15 bits per heavy atom. The highest BCUT2D eigenvalue weighted by atomic mass is 19.3. The third-order valence-corrected chi connectivity index (χ3v) is 3.01. The molecule has 1 aliphatic rings. The molecule has 112 valence electrons. The molecule has 0 amide bonds. The third kappa shape index (κ3) is 3.46. The molecule has 0 N–H and O–H groups in total. The van der Waals surface area contributed by atoms with Crippen LogP contribution in [0, 0.1) is 5.41 Å². The molecule has 5 nitrogen and oxygen atoms in total. The summed E-state index contributed by atoms with van der Waals surface area (Å²) in [5.74, 6) is 0.141. The average molecular weight is 288 g/mol. The molecule has 0 aromatic carbocycles. The number of halogens is 2. The molecule has 1 aromatic rings. The van der Waals surface area contributed by atoms with Gasteiger partial charge in [-0.2, -0.15) is 4.68 Å². The third-order valence-electron chi connectivity index (χ3n) is 3.01. The molecular formula is C13H18F2N2O3. The van der Waals surface area contributed by atoms with Crippen molar-refractivity contribution in [2.24, 2.45) is 5.41 Å². The number of hydrogen-bond acceptors (Lipinski definition) is 4. The van der Waals surface area contributed by atoms with Crippen LogP contribution in [0.25, 0.3) is 0 Å². The molecule has 0 saturated heterocycles. The first-order valence-electron chi connectivity index (χ1n) is 6.42. The maximum Gasteiger partial charge on any atom is 0.435 e. The topological polar surface area (TPSA) is 53.4 Å². The van der Waals surface area contributed by atoms with Crippen molar-refractivity contribution in [3.05, 3.63) is 12.3 Å². The van der Waals surface area contributed by atoms with E-state index in [1.165, 1.54) is 12.3 Å². The van der Waals surface area contributed by atoms with Gasteiger partial charge >= 0.3 is 6.09 Å². The summed E-state index contributed by atoms with van der Waals surface area (Å²) in [5, 5.41) is 3.86. The molecule has 1 aromatic heterocycles. The second-order valence-corrected chi connectivity index (χ2v) is 6.03. The molecular weight excluding hydrogens is 270 g/mol. The zero-order valence-corrected chi connectivity index (χ0v) is 11.7. The van der Waals surface area contributed by atoms with Crippen LogP contribution in [0.2, 0.25) is 0 Å². The summed E-state index contributed by atoms with van der Waals surface area (Å²) in [7, 11) is 0. The molecule has 0 radical (unpaired) electrons. The monoisotopic (exact) mass is 288 g/mol. The first-order chi connectivity index (χ1) is 9.22. The summed E-state index contributed by atoms with van der Waals surface area (Å²) >= 11 is 0. The number of rotatable bonds is 4. The lowest BCUT2D eigenvalue weighted by Gasteiger charge is -2.18. The van der Waals surface area contributed by atoms with E-state index in [-0.39, 0.29) is 12.5 Å². The zero-order chi connectivity index (χ0) is 15.0. The summed E-state index contributed by atoms with van der Waals surface area (Å²) < 4.78 is 36.8. The van der Waals surface area contributed by atoms with E-state index < -0.39 is 23.5 Å². The highest BCUT2D eigenvalue weighted by Crippen LogP contribution is 2.50. The fourth-order valence-corrected chi connectivity index (χ4v) is 1.60. The number of carbonyl (C=O) groups is 1. The van der Waals surface area contributed by atoms with Gasteiger partial charge in [-0.15, -0.1) is 5.10 Å². The normalized spacial score (nSPS) is 17.1. The van der Waals surface area contributed by atoms with Gasteiger partial charge in [0, 0.05) is 12.3 Å². The van der Waals surface area contributed by atoms with Gasteiger partial charge in [-0.1, -0.05) is 0 Å². The van der Waals surface area contributed by atoms with Crippen molar-refractivity contribution in [1.82, 2.24) is 9.78 Å². The van der Waals surface area contributed by atoms with E-state index in [0.29, 0.717) is 12.8 Å². The summed E-state index contributed by atoms with van der Waals surface area (Å²) in [6, 6.07) is 1.45. The first kappa shape index (κ1) is 14.7. The number of nitrogens with zero attached hydrogens (tertiary/aromatic N) is 2. The zero-order valence-electron chi connectivity index (χ0n) is 11.7. The van der Waals surface area contributed by atoms with Crippen LogP contribution in [-0.4, -0.2) is 34.5 Å². The fourth-order valence-electron chi connectivity index (χ4n) is 1.60. The van der Waals surface area contributed by atoms with Crippen molar-refractivity contribution in [2.75, 3.05) is 6.61 Å².